The number of nitrogens with zero attached hydrogens (tertiary/aromatic N) is 2. The molecule has 0 aliphatic carbocycles. The normalized spacial score (nSPS) is 10.3. The molecule has 24 heavy (non-hydrogen) atoms. The lowest BCUT2D eigenvalue weighted by atomic mass is 10.2. The summed E-state index contributed by atoms with van der Waals surface area (Å²) in [4.78, 5) is 4.33. The van der Waals surface area contributed by atoms with Crippen molar-refractivity contribution < 1.29 is 18.7 Å². The average Bonchev–Trinajstić information content (AvgIpc) is 3.10. The average molecular weight is 327 g/mol. The highest BCUT2D eigenvalue weighted by Gasteiger charge is 2.10. The molecule has 0 saturated carbocycles. The summed E-state index contributed by atoms with van der Waals surface area (Å²) < 4.78 is 20.8. The smallest absolute Gasteiger partial charge is 0.326 e. The van der Waals surface area contributed by atoms with Gasteiger partial charge in [0.1, 0.15) is 5.75 Å². The molecule has 3 aromatic rings. The van der Waals surface area contributed by atoms with Crippen LogP contribution >= 0.6 is 0 Å². The third kappa shape index (κ3) is 3.24. The summed E-state index contributed by atoms with van der Waals surface area (Å²) in [7, 11) is 4.79. The summed E-state index contributed by atoms with van der Waals surface area (Å²) in [6, 6.07) is 13.1. The van der Waals surface area contributed by atoms with E-state index in [2.05, 4.69) is 15.5 Å². The van der Waals surface area contributed by atoms with Crippen molar-refractivity contribution in [2.75, 3.05) is 26.6 Å². The molecule has 0 amide bonds. The minimum atomic E-state index is 0.285. The second kappa shape index (κ2) is 6.91. The molecule has 0 bridgehead atoms. The van der Waals surface area contributed by atoms with Crippen LogP contribution in [0.2, 0.25) is 0 Å². The largest absolute Gasteiger partial charge is 0.497 e. The minimum Gasteiger partial charge on any atom is -0.497 e. The predicted molar refractivity (Wildman–Crippen MR) is 89.1 cm³/mol. The van der Waals surface area contributed by atoms with E-state index in [0.717, 1.165) is 17.0 Å². The van der Waals surface area contributed by atoms with Gasteiger partial charge < -0.3 is 24.1 Å². The van der Waals surface area contributed by atoms with Gasteiger partial charge in [0.05, 0.1) is 21.3 Å². The molecule has 3 rings (SSSR count). The third-order valence-electron chi connectivity index (χ3n) is 3.41. The van der Waals surface area contributed by atoms with Crippen LogP contribution in [0.4, 0.5) is 11.7 Å². The number of rotatable bonds is 6. The number of benzene rings is 2. The molecular formula is C17H17N3O4. The van der Waals surface area contributed by atoms with E-state index in [0.29, 0.717) is 17.3 Å². The van der Waals surface area contributed by atoms with Gasteiger partial charge >= 0.3 is 6.01 Å². The summed E-state index contributed by atoms with van der Waals surface area (Å²) in [6.45, 7) is 0. The Bertz CT molecular complexity index is 815. The van der Waals surface area contributed by atoms with Gasteiger partial charge in [-0.15, -0.1) is 0 Å². The molecule has 0 aliphatic heterocycles. The zero-order chi connectivity index (χ0) is 16.9. The van der Waals surface area contributed by atoms with Crippen LogP contribution in [-0.4, -0.2) is 31.5 Å². The maximum atomic E-state index is 5.27. The summed E-state index contributed by atoms with van der Waals surface area (Å²) in [5.41, 5.74) is 1.58. The molecule has 124 valence electrons. The van der Waals surface area contributed by atoms with Gasteiger partial charge in [-0.1, -0.05) is 5.16 Å². The van der Waals surface area contributed by atoms with Crippen LogP contribution in [0.5, 0.6) is 17.2 Å². The van der Waals surface area contributed by atoms with Crippen molar-refractivity contribution in [1.29, 1.82) is 0 Å². The number of methoxy groups -OCH3 is 3. The first kappa shape index (κ1) is 15.7. The molecule has 0 spiro atoms. The van der Waals surface area contributed by atoms with Crippen LogP contribution < -0.4 is 19.5 Å². The Morgan fingerprint density at radius 2 is 1.62 bits per heavy atom. The van der Waals surface area contributed by atoms with Gasteiger partial charge in [-0.25, -0.2) is 0 Å². The zero-order valence-electron chi connectivity index (χ0n) is 13.6. The molecule has 0 atom stereocenters. The number of hydrogen-bond acceptors (Lipinski definition) is 7. The topological polar surface area (TPSA) is 78.6 Å². The van der Waals surface area contributed by atoms with Crippen LogP contribution in [-0.2, 0) is 0 Å². The standard InChI is InChI=1S/C17H17N3O4/c1-21-13-7-4-11(5-8-13)16-19-17(24-20-16)18-12-6-9-14(22-2)15(10-12)23-3/h4-10H,1-3H3,(H,18,19,20). The van der Waals surface area contributed by atoms with E-state index in [9.17, 15) is 0 Å². The Kier molecular flexibility index (Phi) is 4.51. The van der Waals surface area contributed by atoms with E-state index in [-0.39, 0.29) is 6.01 Å². The first-order valence-corrected chi connectivity index (χ1v) is 7.20. The number of hydrogen-bond donors (Lipinski definition) is 1. The lowest BCUT2D eigenvalue weighted by molar-refractivity contribution is 0.355. The second-order valence-corrected chi connectivity index (χ2v) is 4.85. The van der Waals surface area contributed by atoms with Crippen molar-refractivity contribution in [3.05, 3.63) is 42.5 Å². The van der Waals surface area contributed by atoms with Gasteiger partial charge in [0, 0.05) is 17.3 Å². The van der Waals surface area contributed by atoms with Crippen LogP contribution in [0, 0.1) is 0 Å². The Morgan fingerprint density at radius 3 is 2.29 bits per heavy atom. The molecule has 7 nitrogen and oxygen atoms in total. The fourth-order valence-electron chi connectivity index (χ4n) is 2.17. The zero-order valence-corrected chi connectivity index (χ0v) is 13.6. The quantitative estimate of drug-likeness (QED) is 0.742. The van der Waals surface area contributed by atoms with Gasteiger partial charge in [0.2, 0.25) is 5.82 Å². The van der Waals surface area contributed by atoms with Gasteiger partial charge in [-0.05, 0) is 36.4 Å². The van der Waals surface area contributed by atoms with Crippen molar-refractivity contribution >= 4 is 11.7 Å². The van der Waals surface area contributed by atoms with E-state index in [1.165, 1.54) is 0 Å². The molecule has 7 heteroatoms. The molecule has 0 fully saturated rings. The Labute approximate surface area is 139 Å². The maximum absolute atomic E-state index is 5.27. The molecule has 1 aromatic heterocycles. The Hall–Kier alpha value is -3.22. The van der Waals surface area contributed by atoms with Crippen LogP contribution in [0.3, 0.4) is 0 Å². The number of nitrogens with one attached hydrogen (secondary N) is 1. The van der Waals surface area contributed by atoms with Crippen molar-refractivity contribution in [1.82, 2.24) is 10.1 Å². The predicted octanol–water partition coefficient (Wildman–Crippen LogP) is 3.51. The van der Waals surface area contributed by atoms with Crippen molar-refractivity contribution in [3.8, 4) is 28.6 Å². The van der Waals surface area contributed by atoms with Crippen molar-refractivity contribution in [2.45, 2.75) is 0 Å². The van der Waals surface area contributed by atoms with Gasteiger partial charge in [0.25, 0.3) is 0 Å². The summed E-state index contributed by atoms with van der Waals surface area (Å²) in [6.07, 6.45) is 0. The van der Waals surface area contributed by atoms with Crippen LogP contribution in [0.15, 0.2) is 47.0 Å². The fraction of sp³-hybridized carbons (Fsp3) is 0.176. The van der Waals surface area contributed by atoms with E-state index in [4.69, 9.17) is 18.7 Å². The van der Waals surface area contributed by atoms with E-state index < -0.39 is 0 Å². The van der Waals surface area contributed by atoms with E-state index in [1.807, 2.05) is 30.3 Å². The fourth-order valence-corrected chi connectivity index (χ4v) is 2.17. The summed E-state index contributed by atoms with van der Waals surface area (Å²) >= 11 is 0. The molecule has 0 unspecified atom stereocenters. The molecule has 2 aromatic carbocycles. The molecule has 0 saturated heterocycles. The molecule has 1 N–H and O–H groups in total. The molecular weight excluding hydrogens is 310 g/mol. The number of ether oxygens (including phenoxy) is 3. The molecule has 0 aliphatic rings. The minimum absolute atomic E-state index is 0.285. The van der Waals surface area contributed by atoms with E-state index >= 15 is 0 Å². The maximum Gasteiger partial charge on any atom is 0.326 e. The first-order chi connectivity index (χ1) is 11.7. The van der Waals surface area contributed by atoms with Crippen molar-refractivity contribution in [3.63, 3.8) is 0 Å². The van der Waals surface area contributed by atoms with Crippen LogP contribution in [0.1, 0.15) is 0 Å². The highest BCUT2D eigenvalue weighted by Crippen LogP contribution is 2.31. The van der Waals surface area contributed by atoms with Crippen LogP contribution in [0.25, 0.3) is 11.4 Å². The molecule has 0 radical (unpaired) electrons. The highest BCUT2D eigenvalue weighted by atomic mass is 16.5. The van der Waals surface area contributed by atoms with Gasteiger partial charge in [-0.3, -0.25) is 0 Å². The van der Waals surface area contributed by atoms with Gasteiger partial charge in [0.15, 0.2) is 11.5 Å². The van der Waals surface area contributed by atoms with Crippen molar-refractivity contribution in [2.24, 2.45) is 0 Å². The number of aromatic nitrogens is 2. The Balaban J connectivity index is 1.78. The molecule has 1 heterocycles. The SMILES string of the molecule is COc1ccc(-c2noc(Nc3ccc(OC)c(OC)c3)n2)cc1. The highest BCUT2D eigenvalue weighted by molar-refractivity contribution is 5.61. The first-order valence-electron chi connectivity index (χ1n) is 7.20. The lowest BCUT2D eigenvalue weighted by Gasteiger charge is -2.09. The lowest BCUT2D eigenvalue weighted by Crippen LogP contribution is -1.94. The summed E-state index contributed by atoms with van der Waals surface area (Å²) in [5.74, 6) is 2.51. The van der Waals surface area contributed by atoms with E-state index in [1.54, 1.807) is 33.5 Å². The monoisotopic (exact) mass is 327 g/mol. The van der Waals surface area contributed by atoms with Gasteiger partial charge in [-0.2, -0.15) is 4.98 Å². The Morgan fingerprint density at radius 1 is 0.875 bits per heavy atom. The number of anilines is 2. The summed E-state index contributed by atoms with van der Waals surface area (Å²) in [5, 5.41) is 7.01. The third-order valence-corrected chi connectivity index (χ3v) is 3.41. The second-order valence-electron chi connectivity index (χ2n) is 4.85.